The number of nitrogens with one attached hydrogen (secondary N) is 1. The number of carbonyl (C=O) groups excluding carboxylic acids is 3. The van der Waals surface area contributed by atoms with Crippen LogP contribution >= 0.6 is 11.3 Å². The van der Waals surface area contributed by atoms with Gasteiger partial charge in [0.15, 0.2) is 0 Å². The Morgan fingerprint density at radius 1 is 1.32 bits per heavy atom. The number of rotatable bonds is 7. The molecule has 11 nitrogen and oxygen atoms in total. The SMILES string of the molecule is COC(=O)c1sc(NC(=O)C(C)Cn2cc([N+](=O)[O-])cn2)c(C(=O)OC)c1C. The minimum Gasteiger partial charge on any atom is -0.465 e. The third-order valence-corrected chi connectivity index (χ3v) is 5.07. The summed E-state index contributed by atoms with van der Waals surface area (Å²) in [4.78, 5) is 46.8. The highest BCUT2D eigenvalue weighted by Crippen LogP contribution is 2.34. The summed E-state index contributed by atoms with van der Waals surface area (Å²) in [6.07, 6.45) is 2.31. The first-order valence-electron chi connectivity index (χ1n) is 7.97. The summed E-state index contributed by atoms with van der Waals surface area (Å²) in [6.45, 7) is 3.24. The smallest absolute Gasteiger partial charge is 0.348 e. The second kappa shape index (κ2) is 8.61. The third-order valence-electron chi connectivity index (χ3n) is 3.88. The van der Waals surface area contributed by atoms with E-state index in [1.807, 2.05) is 0 Å². The van der Waals surface area contributed by atoms with Crippen LogP contribution in [-0.2, 0) is 20.8 Å². The van der Waals surface area contributed by atoms with Crippen LogP contribution in [0.2, 0.25) is 0 Å². The van der Waals surface area contributed by atoms with Crippen LogP contribution in [0, 0.1) is 23.0 Å². The van der Waals surface area contributed by atoms with Crippen molar-refractivity contribution in [2.45, 2.75) is 20.4 Å². The van der Waals surface area contributed by atoms with Gasteiger partial charge in [-0.3, -0.25) is 19.6 Å². The Balaban J connectivity index is 2.22. The van der Waals surface area contributed by atoms with Crippen LogP contribution in [0.3, 0.4) is 0 Å². The minimum atomic E-state index is -0.699. The Bertz CT molecular complexity index is 934. The lowest BCUT2D eigenvalue weighted by Gasteiger charge is -2.12. The van der Waals surface area contributed by atoms with Crippen molar-refractivity contribution >= 4 is 39.9 Å². The topological polar surface area (TPSA) is 143 Å². The molecule has 2 rings (SSSR count). The predicted molar refractivity (Wildman–Crippen MR) is 98.4 cm³/mol. The van der Waals surface area contributed by atoms with Gasteiger partial charge >= 0.3 is 17.6 Å². The van der Waals surface area contributed by atoms with E-state index in [1.54, 1.807) is 13.8 Å². The molecule has 1 amide bonds. The van der Waals surface area contributed by atoms with E-state index in [1.165, 1.54) is 25.1 Å². The molecule has 1 N–H and O–H groups in total. The fraction of sp³-hybridized carbons (Fsp3) is 0.375. The lowest BCUT2D eigenvalue weighted by atomic mass is 10.1. The van der Waals surface area contributed by atoms with E-state index < -0.39 is 28.7 Å². The number of anilines is 1. The highest BCUT2D eigenvalue weighted by Gasteiger charge is 2.28. The molecule has 0 aromatic carbocycles. The molecule has 0 saturated heterocycles. The molecule has 2 aromatic rings. The van der Waals surface area contributed by atoms with Gasteiger partial charge in [0.25, 0.3) is 0 Å². The number of nitro groups is 1. The first kappa shape index (κ1) is 21.0. The molecule has 1 unspecified atom stereocenters. The Morgan fingerprint density at radius 3 is 2.50 bits per heavy atom. The van der Waals surface area contributed by atoms with Gasteiger partial charge in [0.1, 0.15) is 22.3 Å². The van der Waals surface area contributed by atoms with Crippen LogP contribution < -0.4 is 5.32 Å². The van der Waals surface area contributed by atoms with Crippen molar-refractivity contribution in [3.05, 3.63) is 38.5 Å². The maximum atomic E-state index is 12.5. The highest BCUT2D eigenvalue weighted by atomic mass is 32.1. The number of hydrogen-bond acceptors (Lipinski definition) is 9. The summed E-state index contributed by atoms with van der Waals surface area (Å²) in [7, 11) is 2.40. The van der Waals surface area contributed by atoms with Gasteiger partial charge in [0, 0.05) is 0 Å². The highest BCUT2D eigenvalue weighted by molar-refractivity contribution is 7.18. The molecule has 150 valence electrons. The molecule has 0 fully saturated rings. The van der Waals surface area contributed by atoms with E-state index in [0.29, 0.717) is 5.56 Å². The largest absolute Gasteiger partial charge is 0.465 e. The van der Waals surface area contributed by atoms with E-state index in [4.69, 9.17) is 9.47 Å². The van der Waals surface area contributed by atoms with E-state index in [0.717, 1.165) is 17.5 Å². The van der Waals surface area contributed by atoms with Crippen molar-refractivity contribution in [2.75, 3.05) is 19.5 Å². The number of thiophene rings is 1. The molecule has 0 spiro atoms. The van der Waals surface area contributed by atoms with Crippen molar-refractivity contribution in [3.63, 3.8) is 0 Å². The average molecular weight is 410 g/mol. The van der Waals surface area contributed by atoms with Crippen LogP contribution in [0.1, 0.15) is 32.5 Å². The van der Waals surface area contributed by atoms with Crippen molar-refractivity contribution in [1.82, 2.24) is 9.78 Å². The Kier molecular flexibility index (Phi) is 6.46. The second-order valence-corrected chi connectivity index (χ2v) is 6.83. The third kappa shape index (κ3) is 4.34. The maximum Gasteiger partial charge on any atom is 0.348 e. The molecule has 1 atom stereocenters. The average Bonchev–Trinajstić information content (AvgIpc) is 3.25. The first-order chi connectivity index (χ1) is 13.2. The van der Waals surface area contributed by atoms with Crippen LogP contribution in [-0.4, -0.2) is 46.8 Å². The number of carbonyl (C=O) groups is 3. The number of esters is 2. The van der Waals surface area contributed by atoms with Crippen LogP contribution in [0.25, 0.3) is 0 Å². The summed E-state index contributed by atoms with van der Waals surface area (Å²) in [5.74, 6) is -2.42. The van der Waals surface area contributed by atoms with Crippen molar-refractivity contribution < 1.29 is 28.8 Å². The molecule has 2 heterocycles. The van der Waals surface area contributed by atoms with Crippen molar-refractivity contribution in [3.8, 4) is 0 Å². The zero-order valence-corrected chi connectivity index (χ0v) is 16.4. The van der Waals surface area contributed by atoms with Gasteiger partial charge in [-0.15, -0.1) is 11.3 Å². The van der Waals surface area contributed by atoms with Crippen molar-refractivity contribution in [1.29, 1.82) is 0 Å². The van der Waals surface area contributed by atoms with E-state index in [-0.39, 0.29) is 27.7 Å². The normalized spacial score (nSPS) is 11.6. The molecule has 0 saturated carbocycles. The standard InChI is InChI=1S/C16H18N4O7S/c1-8(6-19-7-10(5-17-19)20(24)25)13(21)18-14-11(15(22)26-3)9(2)12(28-14)16(23)27-4/h5,7-8H,6H2,1-4H3,(H,18,21). The van der Waals surface area contributed by atoms with Gasteiger partial charge in [0.05, 0.1) is 37.2 Å². The fourth-order valence-electron chi connectivity index (χ4n) is 2.38. The van der Waals surface area contributed by atoms with Gasteiger partial charge in [-0.25, -0.2) is 9.59 Å². The zero-order chi connectivity index (χ0) is 21.0. The van der Waals surface area contributed by atoms with E-state index >= 15 is 0 Å². The Morgan fingerprint density at radius 2 is 1.96 bits per heavy atom. The van der Waals surface area contributed by atoms with Gasteiger partial charge in [-0.1, -0.05) is 6.92 Å². The Hall–Kier alpha value is -3.28. The maximum absolute atomic E-state index is 12.5. The summed E-state index contributed by atoms with van der Waals surface area (Å²) < 4.78 is 10.7. The number of nitrogens with zero attached hydrogens (tertiary/aromatic N) is 3. The summed E-state index contributed by atoms with van der Waals surface area (Å²) in [5.41, 5.74) is 0.231. The molecule has 0 aliphatic rings. The molecule has 28 heavy (non-hydrogen) atoms. The number of ether oxygens (including phenoxy) is 2. The summed E-state index contributed by atoms with van der Waals surface area (Å²) in [5, 5.41) is 17.3. The lowest BCUT2D eigenvalue weighted by molar-refractivity contribution is -0.385. The monoisotopic (exact) mass is 410 g/mol. The summed E-state index contributed by atoms with van der Waals surface area (Å²) in [6, 6.07) is 0. The molecular weight excluding hydrogens is 392 g/mol. The zero-order valence-electron chi connectivity index (χ0n) is 15.5. The predicted octanol–water partition coefficient (Wildman–Crippen LogP) is 2.01. The number of hydrogen-bond donors (Lipinski definition) is 1. The van der Waals surface area contributed by atoms with Gasteiger partial charge in [-0.2, -0.15) is 5.10 Å². The molecule has 0 aliphatic carbocycles. The second-order valence-electron chi connectivity index (χ2n) is 5.81. The molecule has 0 bridgehead atoms. The molecule has 2 aromatic heterocycles. The van der Waals surface area contributed by atoms with Gasteiger partial charge in [-0.05, 0) is 12.5 Å². The van der Waals surface area contributed by atoms with E-state index in [9.17, 15) is 24.5 Å². The number of methoxy groups -OCH3 is 2. The fourth-order valence-corrected chi connectivity index (χ4v) is 3.50. The van der Waals surface area contributed by atoms with Crippen LogP contribution in [0.5, 0.6) is 0 Å². The lowest BCUT2D eigenvalue weighted by Crippen LogP contribution is -2.25. The van der Waals surface area contributed by atoms with Crippen LogP contribution in [0.15, 0.2) is 12.4 Å². The Labute approximate surface area is 163 Å². The molecular formula is C16H18N4O7S. The molecule has 0 aliphatic heterocycles. The van der Waals surface area contributed by atoms with E-state index in [2.05, 4.69) is 10.4 Å². The number of amides is 1. The first-order valence-corrected chi connectivity index (χ1v) is 8.78. The van der Waals surface area contributed by atoms with Gasteiger partial charge in [0.2, 0.25) is 5.91 Å². The number of aromatic nitrogens is 2. The molecule has 12 heteroatoms. The minimum absolute atomic E-state index is 0.0724. The van der Waals surface area contributed by atoms with Gasteiger partial charge < -0.3 is 14.8 Å². The quantitative estimate of drug-likeness (QED) is 0.415. The van der Waals surface area contributed by atoms with Crippen molar-refractivity contribution in [2.24, 2.45) is 5.92 Å². The van der Waals surface area contributed by atoms with Crippen LogP contribution in [0.4, 0.5) is 10.7 Å². The summed E-state index contributed by atoms with van der Waals surface area (Å²) >= 11 is 0.904. The molecule has 0 radical (unpaired) electrons.